The maximum atomic E-state index is 14.9. The molecule has 3 unspecified atom stereocenters. The average molecular weight is 705 g/mol. The van der Waals surface area contributed by atoms with Crippen LogP contribution in [0.1, 0.15) is 92.9 Å². The van der Waals surface area contributed by atoms with Crippen LogP contribution in [0, 0.1) is 23.6 Å². The molecule has 2 saturated carbocycles. The minimum Gasteiger partial charge on any atom is -0.369 e. The van der Waals surface area contributed by atoms with E-state index in [0.29, 0.717) is 6.07 Å². The topological polar surface area (TPSA) is 139 Å². The predicted molar refractivity (Wildman–Crippen MR) is 162 cm³/mol. The Morgan fingerprint density at radius 3 is 2.10 bits per heavy atom. The molecule has 10 nitrogen and oxygen atoms in total. The van der Waals surface area contributed by atoms with Crippen molar-refractivity contribution < 1.29 is 49.9 Å². The van der Waals surface area contributed by atoms with Gasteiger partial charge in [0.2, 0.25) is 17.7 Å². The summed E-state index contributed by atoms with van der Waals surface area (Å²) in [5.41, 5.74) is 1.62. The molecule has 1 saturated heterocycles. The lowest BCUT2D eigenvalue weighted by Gasteiger charge is -2.31. The summed E-state index contributed by atoms with van der Waals surface area (Å²) in [6, 6.07) is -0.981. The van der Waals surface area contributed by atoms with Gasteiger partial charge in [0.25, 0.3) is 5.91 Å². The van der Waals surface area contributed by atoms with Gasteiger partial charge in [0, 0.05) is 18.8 Å². The van der Waals surface area contributed by atoms with Crippen molar-refractivity contribution >= 4 is 29.3 Å². The summed E-state index contributed by atoms with van der Waals surface area (Å²) in [6.45, 7) is 2.99. The van der Waals surface area contributed by atoms with E-state index in [1.54, 1.807) is 46.0 Å². The Hall–Kier alpha value is -4.18. The SMILES string of the molecule is C1CC1CC1CC1.CC(C(=O)N1CCC(C(N)=O)C1C(F)(F)F)c1cc(F)c(NC(=O)CNC(=O)c2ccnn2C(C)C)cc1C(F)(F)F. The summed E-state index contributed by atoms with van der Waals surface area (Å²) in [7, 11) is 0. The number of amides is 4. The van der Waals surface area contributed by atoms with Crippen LogP contribution in [0.3, 0.4) is 0 Å². The second kappa shape index (κ2) is 14.7. The maximum Gasteiger partial charge on any atom is 0.416 e. The Kier molecular flexibility index (Phi) is 11.3. The summed E-state index contributed by atoms with van der Waals surface area (Å²) in [6.07, 6.45) is -1.65. The zero-order valence-electron chi connectivity index (χ0n) is 27.1. The third kappa shape index (κ3) is 9.50. The fraction of sp³-hybridized carbons (Fsp3) is 0.594. The Bertz CT molecular complexity index is 1540. The third-order valence-corrected chi connectivity index (χ3v) is 8.80. The Morgan fingerprint density at radius 1 is 0.980 bits per heavy atom. The molecule has 2 aliphatic carbocycles. The van der Waals surface area contributed by atoms with Gasteiger partial charge in [-0.15, -0.1) is 0 Å². The number of aromatic nitrogens is 2. The minimum absolute atomic E-state index is 0.0965. The summed E-state index contributed by atoms with van der Waals surface area (Å²) in [4.78, 5) is 49.5. The van der Waals surface area contributed by atoms with E-state index in [-0.39, 0.29) is 22.7 Å². The zero-order valence-corrected chi connectivity index (χ0v) is 27.1. The highest BCUT2D eigenvalue weighted by Gasteiger charge is 2.56. The molecule has 3 atom stereocenters. The van der Waals surface area contributed by atoms with E-state index >= 15 is 0 Å². The Balaban J connectivity index is 0.000000674. The van der Waals surface area contributed by atoms with E-state index in [1.807, 2.05) is 5.32 Å². The number of carbonyl (C=O) groups is 4. The van der Waals surface area contributed by atoms with Crippen LogP contribution in [-0.4, -0.2) is 63.6 Å². The van der Waals surface area contributed by atoms with Crippen molar-refractivity contribution in [2.45, 2.75) is 89.7 Å². The first-order valence-corrected chi connectivity index (χ1v) is 16.0. The second-order valence-corrected chi connectivity index (χ2v) is 13.1. The highest BCUT2D eigenvalue weighted by molar-refractivity contribution is 5.98. The molecule has 5 rings (SSSR count). The highest BCUT2D eigenvalue weighted by atomic mass is 19.4. The normalized spacial score (nSPS) is 20.0. The first kappa shape index (κ1) is 37.6. The number of carbonyl (C=O) groups excluding carboxylic acids is 4. The van der Waals surface area contributed by atoms with E-state index in [0.717, 1.165) is 6.92 Å². The van der Waals surface area contributed by atoms with Gasteiger partial charge in [-0.05, 0) is 69.2 Å². The molecule has 1 aliphatic heterocycles. The van der Waals surface area contributed by atoms with Gasteiger partial charge >= 0.3 is 12.4 Å². The summed E-state index contributed by atoms with van der Waals surface area (Å²) in [5, 5.41) is 8.11. The first-order valence-electron chi connectivity index (χ1n) is 16.0. The number of alkyl halides is 6. The molecular weight excluding hydrogens is 665 g/mol. The van der Waals surface area contributed by atoms with Gasteiger partial charge in [0.1, 0.15) is 17.6 Å². The van der Waals surface area contributed by atoms with Crippen LogP contribution >= 0.6 is 0 Å². The molecule has 17 heteroatoms. The Labute approximate surface area is 277 Å². The number of nitrogens with zero attached hydrogens (tertiary/aromatic N) is 3. The van der Waals surface area contributed by atoms with Gasteiger partial charge in [-0.1, -0.05) is 25.7 Å². The molecule has 2 heterocycles. The number of hydrogen-bond acceptors (Lipinski definition) is 5. The predicted octanol–water partition coefficient (Wildman–Crippen LogP) is 5.56. The van der Waals surface area contributed by atoms with Crippen molar-refractivity contribution in [3.63, 3.8) is 0 Å². The van der Waals surface area contributed by atoms with Crippen LogP contribution in [0.4, 0.5) is 36.4 Å². The van der Waals surface area contributed by atoms with Crippen molar-refractivity contribution in [2.75, 3.05) is 18.4 Å². The number of hydrogen-bond donors (Lipinski definition) is 3. The van der Waals surface area contributed by atoms with Crippen LogP contribution < -0.4 is 16.4 Å². The Morgan fingerprint density at radius 2 is 1.59 bits per heavy atom. The fourth-order valence-electron chi connectivity index (χ4n) is 5.94. The van der Waals surface area contributed by atoms with Crippen molar-refractivity contribution in [1.29, 1.82) is 0 Å². The summed E-state index contributed by atoms with van der Waals surface area (Å²) >= 11 is 0. The summed E-state index contributed by atoms with van der Waals surface area (Å²) < 4.78 is 99.3. The van der Waals surface area contributed by atoms with Gasteiger partial charge in [-0.3, -0.25) is 23.9 Å². The van der Waals surface area contributed by atoms with Crippen LogP contribution in [0.2, 0.25) is 0 Å². The number of rotatable bonds is 10. The lowest BCUT2D eigenvalue weighted by atomic mass is 9.92. The molecule has 4 N–H and O–H groups in total. The number of halogens is 7. The molecule has 270 valence electrons. The molecule has 4 amide bonds. The van der Waals surface area contributed by atoms with Crippen molar-refractivity contribution in [3.8, 4) is 0 Å². The third-order valence-electron chi connectivity index (χ3n) is 8.80. The minimum atomic E-state index is -5.22. The monoisotopic (exact) mass is 704 g/mol. The molecule has 2 aromatic rings. The molecule has 3 aliphatic rings. The molecule has 49 heavy (non-hydrogen) atoms. The highest BCUT2D eigenvalue weighted by Crippen LogP contribution is 2.44. The van der Waals surface area contributed by atoms with Gasteiger partial charge in [0.05, 0.1) is 29.6 Å². The molecule has 0 bridgehead atoms. The largest absolute Gasteiger partial charge is 0.416 e. The van der Waals surface area contributed by atoms with Crippen molar-refractivity contribution in [2.24, 2.45) is 23.5 Å². The number of anilines is 1. The number of likely N-dealkylation sites (tertiary alicyclic amines) is 1. The molecule has 3 fully saturated rings. The first-order chi connectivity index (χ1) is 22.8. The van der Waals surface area contributed by atoms with Crippen molar-refractivity contribution in [1.82, 2.24) is 20.0 Å². The van der Waals surface area contributed by atoms with Gasteiger partial charge in [0.15, 0.2) is 0 Å². The van der Waals surface area contributed by atoms with Gasteiger partial charge in [-0.25, -0.2) is 4.39 Å². The van der Waals surface area contributed by atoms with E-state index < -0.39 is 96.0 Å². The number of primary amides is 1. The fourth-order valence-corrected chi connectivity index (χ4v) is 5.94. The lowest BCUT2D eigenvalue weighted by Crippen LogP contribution is -2.51. The van der Waals surface area contributed by atoms with Gasteiger partial charge < -0.3 is 21.3 Å². The standard InChI is InChI=1S/C25H27F7N6O4.C7H12/c1-11(2)38-18(4-6-35-38)22(41)34-10-19(39)36-17-9-15(24(27,28)29)14(8-16(17)26)12(3)23(42)37-7-5-13(21(33)40)20(37)25(30,31)32;1-2-6(1)5-7-3-4-7/h4,6,8-9,11-13,20H,5,7,10H2,1-3H3,(H2,33,40)(H,34,41)(H,36,39);6-7H,1-5H2. The molecule has 1 aromatic carbocycles. The molecule has 0 radical (unpaired) electrons. The quantitative estimate of drug-likeness (QED) is 0.278. The van der Waals surface area contributed by atoms with E-state index in [4.69, 9.17) is 5.73 Å². The average Bonchev–Trinajstić information content (AvgIpc) is 3.90. The van der Waals surface area contributed by atoms with Crippen molar-refractivity contribution in [3.05, 3.63) is 47.0 Å². The number of benzene rings is 1. The zero-order chi connectivity index (χ0) is 36.4. The van der Waals surface area contributed by atoms with Crippen LogP contribution in [0.15, 0.2) is 24.4 Å². The van der Waals surface area contributed by atoms with Gasteiger partial charge in [-0.2, -0.15) is 31.4 Å². The molecule has 1 aromatic heterocycles. The molecular formula is C32H39F7N6O4. The lowest BCUT2D eigenvalue weighted by molar-refractivity contribution is -0.192. The number of nitrogens with two attached hydrogens (primary N) is 1. The van der Waals surface area contributed by atoms with Crippen LogP contribution in [-0.2, 0) is 20.6 Å². The summed E-state index contributed by atoms with van der Waals surface area (Å²) in [5.74, 6) is -7.35. The van der Waals surface area contributed by atoms with Crippen LogP contribution in [0.5, 0.6) is 0 Å². The van der Waals surface area contributed by atoms with E-state index in [9.17, 15) is 49.9 Å². The smallest absolute Gasteiger partial charge is 0.369 e. The van der Waals surface area contributed by atoms with E-state index in [2.05, 4.69) is 10.4 Å². The number of nitrogens with one attached hydrogen (secondary N) is 2. The second-order valence-electron chi connectivity index (χ2n) is 13.1. The van der Waals surface area contributed by atoms with Crippen LogP contribution in [0.25, 0.3) is 0 Å². The molecule has 0 spiro atoms. The van der Waals surface area contributed by atoms with E-state index in [1.165, 1.54) is 28.8 Å². The maximum absolute atomic E-state index is 14.9.